The quantitative estimate of drug-likeness (QED) is 0.0804. The minimum absolute atomic E-state index is 0.0312. The molecule has 6 aliphatic rings. The summed E-state index contributed by atoms with van der Waals surface area (Å²) in [6.07, 6.45) is 31.0. The van der Waals surface area contributed by atoms with E-state index in [1.165, 1.54) is 22.5 Å². The Morgan fingerprint density at radius 3 is 1.25 bits per heavy atom. The maximum Gasteiger partial charge on any atom is 0.345 e. The molecular weight excluding hydrogens is 1080 g/mol. The second kappa shape index (κ2) is 34.8. The van der Waals surface area contributed by atoms with Crippen LogP contribution in [0.15, 0.2) is 30.3 Å². The number of nitriles is 2. The summed E-state index contributed by atoms with van der Waals surface area (Å²) in [5.41, 5.74) is 0.389. The third kappa shape index (κ3) is 23.2. The number of ether oxygens (including phenoxy) is 3. The highest BCUT2D eigenvalue weighted by Gasteiger charge is 2.42. The summed E-state index contributed by atoms with van der Waals surface area (Å²) in [6, 6.07) is 22.5. The molecule has 1 aromatic carbocycles. The van der Waals surface area contributed by atoms with Gasteiger partial charge in [0.15, 0.2) is 22.2 Å². The van der Waals surface area contributed by atoms with Crippen molar-refractivity contribution in [3.63, 3.8) is 0 Å². The number of nitrogens with zero attached hydrogens (tertiary/aromatic N) is 9. The van der Waals surface area contributed by atoms with E-state index in [4.69, 9.17) is 47.5 Å². The number of hydrogen-bond donors (Lipinski definition) is 0. The maximum atomic E-state index is 11.9. The van der Waals surface area contributed by atoms with E-state index in [2.05, 4.69) is 118 Å². The van der Waals surface area contributed by atoms with Gasteiger partial charge in [0.05, 0.1) is 37.1 Å². The predicted molar refractivity (Wildman–Crippen MR) is 322 cm³/mol. The summed E-state index contributed by atoms with van der Waals surface area (Å²) in [7, 11) is -2.95. The van der Waals surface area contributed by atoms with Crippen molar-refractivity contribution in [3.8, 4) is 68.0 Å². The van der Waals surface area contributed by atoms with Crippen LogP contribution < -0.4 is 4.74 Å². The Kier molecular flexibility index (Phi) is 30.7. The van der Waals surface area contributed by atoms with Crippen LogP contribution >= 0.6 is 0 Å². The third-order valence-corrected chi connectivity index (χ3v) is 18.1. The molecule has 0 radical (unpaired) electrons. The normalized spacial score (nSPS) is 27.0. The fourth-order valence-corrected chi connectivity index (χ4v) is 13.2. The Morgan fingerprint density at radius 2 is 0.940 bits per heavy atom. The molecule has 7 rings (SSSR count). The van der Waals surface area contributed by atoms with Gasteiger partial charge in [0, 0.05) is 92.6 Å². The fourth-order valence-electron chi connectivity index (χ4n) is 12.2. The molecule has 6 fully saturated rings. The molecule has 462 valence electrons. The van der Waals surface area contributed by atoms with Crippen molar-refractivity contribution in [2.75, 3.05) is 45.5 Å². The first kappa shape index (κ1) is 73.2. The summed E-state index contributed by atoms with van der Waals surface area (Å²) in [4.78, 5) is 14.6. The van der Waals surface area contributed by atoms with E-state index in [0.29, 0.717) is 73.0 Å². The summed E-state index contributed by atoms with van der Waals surface area (Å²) >= 11 is 0. The molecule has 6 heterocycles. The second-order valence-corrected chi connectivity index (χ2v) is 27.5. The van der Waals surface area contributed by atoms with E-state index in [1.54, 1.807) is 0 Å². The summed E-state index contributed by atoms with van der Waals surface area (Å²) in [5.74, 6) is 3.65. The average Bonchev–Trinajstić information content (AvgIpc) is 4.32. The van der Waals surface area contributed by atoms with E-state index in [0.717, 1.165) is 38.2 Å². The number of terminal acetylenes is 4. The molecule has 0 aromatic heterocycles. The Labute approximate surface area is 498 Å². The number of alkyl halides is 4. The van der Waals surface area contributed by atoms with Crippen LogP contribution in [0.25, 0.3) is 4.85 Å². The van der Waals surface area contributed by atoms with Crippen LogP contribution in [0.3, 0.4) is 0 Å². The fraction of sp³-hybridized carbons (Fsp3) is 0.734. The minimum atomic E-state index is -2.95. The van der Waals surface area contributed by atoms with Gasteiger partial charge in [0.25, 0.3) is 0 Å². The van der Waals surface area contributed by atoms with Gasteiger partial charge in [-0.2, -0.15) is 28.1 Å². The zero-order chi connectivity index (χ0) is 63.1. The van der Waals surface area contributed by atoms with Crippen LogP contribution in [-0.4, -0.2) is 162 Å². The van der Waals surface area contributed by atoms with E-state index in [9.17, 15) is 26.0 Å². The number of para-hydroxylation sites is 1. The Morgan fingerprint density at radius 1 is 0.566 bits per heavy atom. The first-order valence-electron chi connectivity index (χ1n) is 29.2. The lowest BCUT2D eigenvalue weighted by Crippen LogP contribution is -2.38. The summed E-state index contributed by atoms with van der Waals surface area (Å²) < 4.78 is 85.2. The molecule has 14 nitrogen and oxygen atoms in total. The molecule has 1 aromatic rings. The van der Waals surface area contributed by atoms with Gasteiger partial charge in [-0.3, -0.25) is 0 Å². The molecule has 0 N–H and O–H groups in total. The summed E-state index contributed by atoms with van der Waals surface area (Å²) in [5, 5.41) is 17.3. The van der Waals surface area contributed by atoms with Gasteiger partial charge >= 0.3 is 13.2 Å². The molecule has 8 unspecified atom stereocenters. The smallest absolute Gasteiger partial charge is 0.345 e. The molecule has 6 aliphatic heterocycles. The van der Waals surface area contributed by atoms with Crippen LogP contribution in [-0.2, 0) is 19.3 Å². The van der Waals surface area contributed by atoms with Gasteiger partial charge in [-0.05, 0) is 78.7 Å². The number of halogens is 4. The molecule has 0 aliphatic carbocycles. The van der Waals surface area contributed by atoms with Crippen LogP contribution in [0, 0.1) is 120 Å². The number of benzene rings is 1. The SMILES string of the molecule is C#CN1CCC(C)(C)C1C(C)C.C#CN1C[C@@H](Oc2ccccc2)CC1C(C)C.C#CN1C[C@@H](S(C)(=O)=O)CC1C(C)C.CC(C)C1CC(OC(F)F)CN1C#N.CC(C)C1CC(OC(F)F)CN1C#N.[C-]#[N+][C@@H]1CC(C(C)C)N(C#C)C1. The van der Waals surface area contributed by atoms with Crippen molar-refractivity contribution >= 4 is 9.84 Å². The number of likely N-dealkylation sites (tertiary alicyclic amines) is 6. The highest BCUT2D eigenvalue weighted by molar-refractivity contribution is 7.91. The van der Waals surface area contributed by atoms with Crippen molar-refractivity contribution in [1.82, 2.24) is 29.4 Å². The van der Waals surface area contributed by atoms with E-state index < -0.39 is 35.3 Å². The van der Waals surface area contributed by atoms with Crippen molar-refractivity contribution < 1.29 is 40.2 Å². The lowest BCUT2D eigenvalue weighted by atomic mass is 9.79. The van der Waals surface area contributed by atoms with Gasteiger partial charge in [-0.1, -0.05) is 141 Å². The predicted octanol–water partition coefficient (Wildman–Crippen LogP) is 11.0. The lowest BCUT2D eigenvalue weighted by molar-refractivity contribution is -0.159. The van der Waals surface area contributed by atoms with Crippen LogP contribution in [0.5, 0.6) is 5.75 Å². The highest BCUT2D eigenvalue weighted by Crippen LogP contribution is 2.39. The molecule has 83 heavy (non-hydrogen) atoms. The number of rotatable bonds is 13. The topological polar surface area (TPSA) is 133 Å². The first-order valence-corrected chi connectivity index (χ1v) is 31.2. The number of sulfone groups is 1. The minimum Gasteiger partial charge on any atom is -0.488 e. The monoisotopic (exact) mass is 1180 g/mol. The molecular formula is C64H97F4N9O5S. The molecule has 19 heteroatoms. The highest BCUT2D eigenvalue weighted by atomic mass is 32.2. The van der Waals surface area contributed by atoms with Crippen molar-refractivity contribution in [2.45, 2.75) is 215 Å². The molecule has 0 bridgehead atoms. The van der Waals surface area contributed by atoms with E-state index >= 15 is 0 Å². The second-order valence-electron chi connectivity index (χ2n) is 25.2. The average molecular weight is 1180 g/mol. The molecule has 11 atom stereocenters. The van der Waals surface area contributed by atoms with Crippen molar-refractivity contribution in [3.05, 3.63) is 41.7 Å². The van der Waals surface area contributed by atoms with Crippen molar-refractivity contribution in [2.24, 2.45) is 40.9 Å². The Balaban J connectivity index is 0.000000341. The Bertz CT molecular complexity index is 2460. The first-order chi connectivity index (χ1) is 38.8. The standard InChI is InChI=1S/C15H19NO.C11H19N.C10H14N2.C10H17NO2S.2C9H14F2N2O/c1-4-16-11-14(10-15(16)12(2)3)17-13-8-6-5-7-9-13;1-6-12-8-7-11(4,5)10(12)9(2)3;1-5-12-7-9(11-4)6-10(12)8(2)3;1-5-11-7-9(14(4,12)13)6-10(11)8(2)3;2*1-6(2)8-3-7(14-9(10)11)4-13(8)5-12/h1,5-9,12,14-15H,10-11H2,2-3H3;1,9-10H,7-8H2,2-5H3;1,8-10H,6-7H2,2-3H3;1,8-10H,6-7H2,2-4H3;2*6-9H,3-4H2,1-2H3/t14-,15?;;2*9-,10?;;/m0.10../s1. The van der Waals surface area contributed by atoms with Gasteiger partial charge < -0.3 is 48.5 Å². The third-order valence-electron chi connectivity index (χ3n) is 16.5. The van der Waals surface area contributed by atoms with Gasteiger partial charge in [-0.25, -0.2) is 15.0 Å². The Hall–Kier alpha value is -5.88. The lowest BCUT2D eigenvalue weighted by Gasteiger charge is -2.33. The van der Waals surface area contributed by atoms with Crippen LogP contribution in [0.1, 0.15) is 135 Å². The zero-order valence-corrected chi connectivity index (χ0v) is 53.0. The van der Waals surface area contributed by atoms with E-state index in [1.807, 2.05) is 80.2 Å². The van der Waals surface area contributed by atoms with Gasteiger partial charge in [-0.15, -0.1) is 0 Å². The van der Waals surface area contributed by atoms with Crippen LogP contribution in [0.4, 0.5) is 17.6 Å². The van der Waals surface area contributed by atoms with E-state index in [-0.39, 0.29) is 60.4 Å². The maximum absolute atomic E-state index is 11.9. The van der Waals surface area contributed by atoms with Crippen LogP contribution in [0.2, 0.25) is 0 Å². The van der Waals surface area contributed by atoms with Gasteiger partial charge in [0.2, 0.25) is 6.04 Å². The zero-order valence-electron chi connectivity index (χ0n) is 52.1. The molecule has 6 saturated heterocycles. The number of hydrogen-bond acceptors (Lipinski definition) is 13. The molecule has 0 spiro atoms. The largest absolute Gasteiger partial charge is 0.488 e. The molecule has 0 amide bonds. The van der Waals surface area contributed by atoms with Gasteiger partial charge in [0.1, 0.15) is 18.4 Å². The van der Waals surface area contributed by atoms with Crippen molar-refractivity contribution in [1.29, 1.82) is 10.5 Å². The summed E-state index contributed by atoms with van der Waals surface area (Å²) in [6.45, 7) is 35.0. The molecule has 0 saturated carbocycles.